The minimum absolute atomic E-state index is 0.00867. The van der Waals surface area contributed by atoms with Gasteiger partial charge in [-0.2, -0.15) is 8.78 Å². The molecule has 0 amide bonds. The van der Waals surface area contributed by atoms with Gasteiger partial charge in [-0.1, -0.05) is 56.4 Å². The van der Waals surface area contributed by atoms with Crippen LogP contribution in [0.4, 0.5) is 8.78 Å². The molecule has 0 heterocycles. The molecule has 7 nitrogen and oxygen atoms in total. The molecule has 0 aromatic rings. The van der Waals surface area contributed by atoms with E-state index < -0.39 is 23.3 Å². The van der Waals surface area contributed by atoms with Crippen molar-refractivity contribution in [1.82, 2.24) is 0 Å². The summed E-state index contributed by atoms with van der Waals surface area (Å²) in [4.78, 5) is 23.8. The maximum atomic E-state index is 13.2. The molecule has 0 aromatic heterocycles. The third-order valence-corrected chi connectivity index (χ3v) is 9.01. The fourth-order valence-electron chi connectivity index (χ4n) is 6.71. The second-order valence-electron chi connectivity index (χ2n) is 11.1. The number of hydrogen-bond donors (Lipinski definition) is 1. The third-order valence-electron chi connectivity index (χ3n) is 8.51. The van der Waals surface area contributed by atoms with Crippen LogP contribution in [0.1, 0.15) is 110 Å². The highest BCUT2D eigenvalue weighted by Crippen LogP contribution is 2.59. The van der Waals surface area contributed by atoms with Crippen LogP contribution in [0.15, 0.2) is 0 Å². The molecule has 0 atom stereocenters. The van der Waals surface area contributed by atoms with Gasteiger partial charge >= 0.3 is 17.2 Å². The number of ether oxygens (including phenoxy) is 2. The van der Waals surface area contributed by atoms with E-state index in [1.807, 2.05) is 0 Å². The standard InChI is InChI=1S/C26H42F2O7S/c1-25(21-15-19-14-20(17-21)18-22(25)16-19)33-23(29)12-10-8-6-4-2-3-5-7-9-11-13-32-24(30)26(27,28)36-35-34-31/h19-22,31H,2-18H2,1H3. The maximum Gasteiger partial charge on any atom is 0.415 e. The average Bonchev–Trinajstić information content (AvgIpc) is 2.83. The summed E-state index contributed by atoms with van der Waals surface area (Å²) in [6, 6.07) is 0. The Kier molecular flexibility index (Phi) is 11.7. The van der Waals surface area contributed by atoms with E-state index in [-0.39, 0.29) is 18.2 Å². The molecule has 0 unspecified atom stereocenters. The van der Waals surface area contributed by atoms with Crippen LogP contribution < -0.4 is 0 Å². The molecule has 0 radical (unpaired) electrons. The topological polar surface area (TPSA) is 91.3 Å². The number of alkyl halides is 2. The van der Waals surface area contributed by atoms with Gasteiger partial charge < -0.3 is 9.47 Å². The van der Waals surface area contributed by atoms with Crippen LogP contribution in [0.2, 0.25) is 0 Å². The predicted octanol–water partition coefficient (Wildman–Crippen LogP) is 7.24. The first kappa shape index (κ1) is 29.6. The zero-order chi connectivity index (χ0) is 26.0. The molecule has 36 heavy (non-hydrogen) atoms. The van der Waals surface area contributed by atoms with Gasteiger partial charge in [0.05, 0.1) is 6.61 Å². The minimum atomic E-state index is -3.93. The molecule has 4 bridgehead atoms. The van der Waals surface area contributed by atoms with Crippen molar-refractivity contribution in [2.45, 2.75) is 121 Å². The SMILES string of the molecule is CC1(OC(=O)CCCCCCCCCCCCOC(=O)C(F)(F)SOOO)C2CC3CC(C2)CC1C3. The molecule has 4 fully saturated rings. The number of unbranched alkanes of at least 4 members (excludes halogenated alkanes) is 9. The first-order valence-electron chi connectivity index (χ1n) is 13.7. The Morgan fingerprint density at radius 3 is 1.89 bits per heavy atom. The van der Waals surface area contributed by atoms with Crippen molar-refractivity contribution in [1.29, 1.82) is 0 Å². The Balaban J connectivity index is 1.11. The smallest absolute Gasteiger partial charge is 0.415 e. The summed E-state index contributed by atoms with van der Waals surface area (Å²) in [6.45, 7) is 2.12. The van der Waals surface area contributed by atoms with Gasteiger partial charge in [0.1, 0.15) is 17.6 Å². The molecule has 208 valence electrons. The van der Waals surface area contributed by atoms with Crippen LogP contribution in [0, 0.1) is 23.7 Å². The molecule has 4 rings (SSSR count). The van der Waals surface area contributed by atoms with Gasteiger partial charge in [0, 0.05) is 6.42 Å². The Morgan fingerprint density at radius 1 is 0.861 bits per heavy atom. The Labute approximate surface area is 217 Å². The molecule has 0 spiro atoms. The highest BCUT2D eigenvalue weighted by molar-refractivity contribution is 7.96. The summed E-state index contributed by atoms with van der Waals surface area (Å²) in [6.07, 6.45) is 16.7. The minimum Gasteiger partial charge on any atom is -0.460 e. The van der Waals surface area contributed by atoms with E-state index in [9.17, 15) is 18.4 Å². The van der Waals surface area contributed by atoms with Crippen LogP contribution in [0.3, 0.4) is 0 Å². The zero-order valence-corrected chi connectivity index (χ0v) is 22.2. The van der Waals surface area contributed by atoms with Gasteiger partial charge in [0.15, 0.2) is 0 Å². The lowest BCUT2D eigenvalue weighted by Gasteiger charge is -2.59. The number of hydrogen-bond acceptors (Lipinski definition) is 8. The van der Waals surface area contributed by atoms with E-state index in [0.29, 0.717) is 24.7 Å². The summed E-state index contributed by atoms with van der Waals surface area (Å²) in [7, 11) is 0. The van der Waals surface area contributed by atoms with Crippen molar-refractivity contribution >= 4 is 24.0 Å². The second kappa shape index (κ2) is 14.3. The third kappa shape index (κ3) is 8.53. The average molecular weight is 537 g/mol. The lowest BCUT2D eigenvalue weighted by Crippen LogP contribution is -2.57. The maximum absolute atomic E-state index is 13.2. The Bertz CT molecular complexity index is 678. The van der Waals surface area contributed by atoms with Gasteiger partial charge in [0.2, 0.25) is 0 Å². The van der Waals surface area contributed by atoms with Crippen molar-refractivity contribution < 1.29 is 42.5 Å². The molecular formula is C26H42F2O7S. The van der Waals surface area contributed by atoms with Crippen LogP contribution >= 0.6 is 12.0 Å². The van der Waals surface area contributed by atoms with Gasteiger partial charge in [0.25, 0.3) is 0 Å². The van der Waals surface area contributed by atoms with Crippen molar-refractivity contribution in [3.05, 3.63) is 0 Å². The molecule has 4 aliphatic carbocycles. The zero-order valence-electron chi connectivity index (χ0n) is 21.4. The van der Waals surface area contributed by atoms with Crippen molar-refractivity contribution in [2.75, 3.05) is 6.61 Å². The Hall–Kier alpha value is -0.970. The molecule has 4 aliphatic rings. The van der Waals surface area contributed by atoms with E-state index in [4.69, 9.17) is 9.99 Å². The monoisotopic (exact) mass is 536 g/mol. The van der Waals surface area contributed by atoms with E-state index in [0.717, 1.165) is 69.6 Å². The molecular weight excluding hydrogens is 494 g/mol. The number of halogens is 2. The molecule has 0 saturated heterocycles. The Morgan fingerprint density at radius 2 is 1.36 bits per heavy atom. The van der Waals surface area contributed by atoms with Crippen LogP contribution in [-0.4, -0.2) is 34.7 Å². The number of esters is 2. The number of rotatable bonds is 18. The summed E-state index contributed by atoms with van der Waals surface area (Å²) in [5.74, 6) is 1.17. The molecule has 4 saturated carbocycles. The van der Waals surface area contributed by atoms with E-state index in [2.05, 4.69) is 21.0 Å². The fraction of sp³-hybridized carbons (Fsp3) is 0.923. The van der Waals surface area contributed by atoms with Crippen molar-refractivity contribution in [3.63, 3.8) is 0 Å². The predicted molar refractivity (Wildman–Crippen MR) is 131 cm³/mol. The van der Waals surface area contributed by atoms with Crippen molar-refractivity contribution in [3.8, 4) is 0 Å². The second-order valence-corrected chi connectivity index (χ2v) is 11.9. The quantitative estimate of drug-likeness (QED) is 0.0644. The summed E-state index contributed by atoms with van der Waals surface area (Å²) >= 11 is -0.620. The van der Waals surface area contributed by atoms with Crippen molar-refractivity contribution in [2.24, 2.45) is 23.7 Å². The lowest BCUT2D eigenvalue weighted by atomic mass is 9.50. The summed E-state index contributed by atoms with van der Waals surface area (Å²) in [5, 5.41) is 6.98. The van der Waals surface area contributed by atoms with Gasteiger partial charge in [-0.25, -0.2) is 10.1 Å². The normalized spacial score (nSPS) is 28.9. The van der Waals surface area contributed by atoms with Gasteiger partial charge in [-0.3, -0.25) is 4.79 Å². The fourth-order valence-corrected chi connectivity index (χ4v) is 6.95. The molecule has 10 heteroatoms. The highest BCUT2D eigenvalue weighted by Gasteiger charge is 2.56. The summed E-state index contributed by atoms with van der Waals surface area (Å²) in [5.41, 5.74) is -0.221. The van der Waals surface area contributed by atoms with Crippen LogP contribution in [0.25, 0.3) is 0 Å². The number of carbonyl (C=O) groups is 2. The largest absolute Gasteiger partial charge is 0.460 e. The van der Waals surface area contributed by atoms with Gasteiger partial charge in [-0.15, -0.1) is 4.33 Å². The van der Waals surface area contributed by atoms with Crippen LogP contribution in [0.5, 0.6) is 0 Å². The van der Waals surface area contributed by atoms with E-state index in [1.165, 1.54) is 32.1 Å². The molecule has 1 N–H and O–H groups in total. The lowest BCUT2D eigenvalue weighted by molar-refractivity contribution is -0.433. The first-order chi connectivity index (χ1) is 17.2. The first-order valence-corrected chi connectivity index (χ1v) is 14.4. The van der Waals surface area contributed by atoms with E-state index in [1.54, 1.807) is 0 Å². The summed E-state index contributed by atoms with van der Waals surface area (Å²) < 4.78 is 40.6. The van der Waals surface area contributed by atoms with E-state index >= 15 is 0 Å². The van der Waals surface area contributed by atoms with Crippen LogP contribution in [-0.2, 0) is 28.4 Å². The molecule has 0 aliphatic heterocycles. The van der Waals surface area contributed by atoms with Gasteiger partial charge in [-0.05, 0) is 75.5 Å². The number of carbonyl (C=O) groups excluding carboxylic acids is 2. The molecule has 0 aromatic carbocycles. The highest BCUT2D eigenvalue weighted by atomic mass is 32.2.